The van der Waals surface area contributed by atoms with E-state index in [9.17, 15) is 0 Å². The maximum absolute atomic E-state index is 2.66. The molecule has 0 amide bonds. The van der Waals surface area contributed by atoms with E-state index >= 15 is 0 Å². The maximum Gasteiger partial charge on any atom is 0.101 e. The lowest BCUT2D eigenvalue weighted by molar-refractivity contribution is 0.754. The van der Waals surface area contributed by atoms with Crippen LogP contribution in [0, 0.1) is 0 Å². The average Bonchev–Trinajstić information content (AvgIpc) is 3.16. The molecule has 2 aromatic carbocycles. The van der Waals surface area contributed by atoms with E-state index in [1.165, 1.54) is 71.3 Å². The third kappa shape index (κ3) is 3.12. The average molecular weight is 419 g/mol. The molecular weight excluding hydrogens is 392 g/mol. The van der Waals surface area contributed by atoms with Crippen LogP contribution in [0.1, 0.15) is 38.5 Å². The van der Waals surface area contributed by atoms with Crippen molar-refractivity contribution in [2.45, 2.75) is 53.7 Å². The molecule has 2 aromatic rings. The van der Waals surface area contributed by atoms with Gasteiger partial charge in [-0.2, -0.15) is 0 Å². The van der Waals surface area contributed by atoms with Crippen LogP contribution in [0.2, 0.25) is 0 Å². The van der Waals surface area contributed by atoms with Gasteiger partial charge in [-0.15, -0.1) is 0 Å². The Balaban J connectivity index is 1.40. The highest BCUT2D eigenvalue weighted by atomic mass is 32.2. The second-order valence-corrected chi connectivity index (χ2v) is 10.5. The topological polar surface area (TPSA) is 6.48 Å². The third-order valence-electron chi connectivity index (χ3n) is 6.45. The maximum atomic E-state index is 2.66. The van der Waals surface area contributed by atoms with Gasteiger partial charge in [-0.3, -0.25) is 0 Å². The van der Waals surface area contributed by atoms with Crippen molar-refractivity contribution in [3.8, 4) is 0 Å². The lowest BCUT2D eigenvalue weighted by Gasteiger charge is -2.26. The van der Waals surface area contributed by atoms with Crippen LogP contribution < -0.4 is 9.80 Å². The van der Waals surface area contributed by atoms with Crippen molar-refractivity contribution in [1.82, 2.24) is 0 Å². The SMILES string of the molecule is C(=C1CCCCN2c3ccccc3SC12)C1=C2Sc3ccccc3N2CCCC1. The molecule has 4 aliphatic rings. The van der Waals surface area contributed by atoms with Crippen molar-refractivity contribution >= 4 is 34.9 Å². The van der Waals surface area contributed by atoms with E-state index in [1.807, 2.05) is 11.8 Å². The first-order chi connectivity index (χ1) is 14.4. The summed E-state index contributed by atoms with van der Waals surface area (Å²) in [5, 5.41) is 1.97. The van der Waals surface area contributed by atoms with Gasteiger partial charge in [0.2, 0.25) is 0 Å². The number of benzene rings is 2. The largest absolute Gasteiger partial charge is 0.355 e. The molecule has 0 radical (unpaired) electrons. The monoisotopic (exact) mass is 418 g/mol. The normalized spacial score (nSPS) is 24.7. The van der Waals surface area contributed by atoms with Crippen LogP contribution in [0.4, 0.5) is 11.4 Å². The predicted octanol–water partition coefficient (Wildman–Crippen LogP) is 7.04. The fourth-order valence-electron chi connectivity index (χ4n) is 5.04. The first-order valence-corrected chi connectivity index (χ1v) is 12.6. The number of thioether (sulfide) groups is 2. The Kier molecular flexibility index (Phi) is 4.65. The molecule has 1 atom stereocenters. The van der Waals surface area contributed by atoms with Crippen LogP contribution in [0.3, 0.4) is 0 Å². The molecule has 0 aromatic heterocycles. The van der Waals surface area contributed by atoms with Crippen LogP contribution >= 0.6 is 23.5 Å². The molecule has 4 aliphatic heterocycles. The molecule has 29 heavy (non-hydrogen) atoms. The summed E-state index contributed by atoms with van der Waals surface area (Å²) in [6.45, 7) is 2.34. The third-order valence-corrected chi connectivity index (χ3v) is 9.07. The summed E-state index contributed by atoms with van der Waals surface area (Å²) in [5.74, 6) is 0. The Labute approximate surface area is 182 Å². The van der Waals surface area contributed by atoms with E-state index in [4.69, 9.17) is 0 Å². The van der Waals surface area contributed by atoms with Gasteiger partial charge in [0.15, 0.2) is 0 Å². The van der Waals surface area contributed by atoms with Crippen molar-refractivity contribution in [1.29, 1.82) is 0 Å². The first kappa shape index (κ1) is 18.0. The van der Waals surface area contributed by atoms with Crippen molar-refractivity contribution in [3.05, 3.63) is 70.8 Å². The molecule has 6 rings (SSSR count). The lowest BCUT2D eigenvalue weighted by Crippen LogP contribution is -2.30. The van der Waals surface area contributed by atoms with Gasteiger partial charge in [0, 0.05) is 22.9 Å². The summed E-state index contributed by atoms with van der Waals surface area (Å²) >= 11 is 4.05. The number of fused-ring (bicyclic) bond motifs is 6. The molecule has 0 spiro atoms. The van der Waals surface area contributed by atoms with Crippen molar-refractivity contribution in [2.24, 2.45) is 0 Å². The quantitative estimate of drug-likeness (QED) is 0.489. The van der Waals surface area contributed by atoms with Gasteiger partial charge in [-0.25, -0.2) is 0 Å². The van der Waals surface area contributed by atoms with Gasteiger partial charge in [-0.1, -0.05) is 53.9 Å². The molecule has 0 bridgehead atoms. The summed E-state index contributed by atoms with van der Waals surface area (Å²) < 4.78 is 0. The Morgan fingerprint density at radius 1 is 0.793 bits per heavy atom. The molecule has 0 N–H and O–H groups in total. The highest BCUT2D eigenvalue weighted by Gasteiger charge is 2.34. The summed E-state index contributed by atoms with van der Waals surface area (Å²) in [7, 11) is 0. The first-order valence-electron chi connectivity index (χ1n) is 10.9. The number of nitrogens with zero attached hydrogens (tertiary/aromatic N) is 2. The van der Waals surface area contributed by atoms with E-state index in [0.29, 0.717) is 5.37 Å². The minimum absolute atomic E-state index is 0.480. The second kappa shape index (κ2) is 7.48. The van der Waals surface area contributed by atoms with Gasteiger partial charge in [0.05, 0.1) is 16.4 Å². The van der Waals surface area contributed by atoms with Crippen molar-refractivity contribution < 1.29 is 0 Å². The number of allylic oxidation sites excluding steroid dienone is 2. The van der Waals surface area contributed by atoms with Crippen molar-refractivity contribution in [2.75, 3.05) is 22.9 Å². The number of hydrogen-bond donors (Lipinski definition) is 0. The van der Waals surface area contributed by atoms with Crippen LogP contribution in [-0.2, 0) is 0 Å². The molecule has 0 aliphatic carbocycles. The molecule has 1 fully saturated rings. The van der Waals surface area contributed by atoms with Crippen LogP contribution in [-0.4, -0.2) is 18.5 Å². The smallest absolute Gasteiger partial charge is 0.101 e. The Morgan fingerprint density at radius 3 is 2.48 bits per heavy atom. The van der Waals surface area contributed by atoms with Crippen LogP contribution in [0.5, 0.6) is 0 Å². The van der Waals surface area contributed by atoms with Gasteiger partial charge in [-0.05, 0) is 73.9 Å². The van der Waals surface area contributed by atoms with E-state index < -0.39 is 0 Å². The Morgan fingerprint density at radius 2 is 1.55 bits per heavy atom. The molecule has 4 heteroatoms. The minimum atomic E-state index is 0.480. The Bertz CT molecular complexity index is 1010. The zero-order chi connectivity index (χ0) is 19.2. The summed E-state index contributed by atoms with van der Waals surface area (Å²) in [4.78, 5) is 8.12. The Hall–Kier alpha value is -1.78. The van der Waals surface area contributed by atoms with E-state index in [2.05, 4.69) is 76.2 Å². The predicted molar refractivity (Wildman–Crippen MR) is 126 cm³/mol. The summed E-state index contributed by atoms with van der Waals surface area (Å²) in [5.41, 5.74) is 6.05. The molecule has 1 saturated heterocycles. The van der Waals surface area contributed by atoms with Gasteiger partial charge >= 0.3 is 0 Å². The van der Waals surface area contributed by atoms with E-state index in [-0.39, 0.29) is 0 Å². The number of rotatable bonds is 1. The molecule has 0 saturated carbocycles. The number of anilines is 2. The van der Waals surface area contributed by atoms with E-state index in [0.717, 1.165) is 6.54 Å². The zero-order valence-electron chi connectivity index (χ0n) is 16.6. The fourth-order valence-corrected chi connectivity index (χ4v) is 7.66. The molecule has 148 valence electrons. The van der Waals surface area contributed by atoms with Gasteiger partial charge < -0.3 is 9.80 Å². The molecule has 4 heterocycles. The van der Waals surface area contributed by atoms with Gasteiger partial charge in [0.25, 0.3) is 0 Å². The standard InChI is InChI=1S/C25H26N2S2/c1-3-13-22-20(11-1)26-15-7-5-9-18(24(26)28-22)17-19-10-6-8-16-27-21-12-2-4-14-23(21)29-25(19)27/h1-4,11-14,17,24H,5-10,15-16H2. The highest BCUT2D eigenvalue weighted by Crippen LogP contribution is 2.51. The van der Waals surface area contributed by atoms with Gasteiger partial charge in [0.1, 0.15) is 5.37 Å². The van der Waals surface area contributed by atoms with Crippen molar-refractivity contribution in [3.63, 3.8) is 0 Å². The van der Waals surface area contributed by atoms with Crippen LogP contribution in [0.25, 0.3) is 0 Å². The van der Waals surface area contributed by atoms with E-state index in [1.54, 1.807) is 11.1 Å². The summed E-state index contributed by atoms with van der Waals surface area (Å²) in [6.07, 6.45) is 10.2. The minimum Gasteiger partial charge on any atom is -0.355 e. The second-order valence-electron chi connectivity index (χ2n) is 8.32. The highest BCUT2D eigenvalue weighted by molar-refractivity contribution is 8.03. The van der Waals surface area contributed by atoms with Crippen LogP contribution in [0.15, 0.2) is 80.6 Å². The fraction of sp³-hybridized carbons (Fsp3) is 0.360. The molecule has 1 unspecified atom stereocenters. The zero-order valence-corrected chi connectivity index (χ0v) is 18.3. The lowest BCUT2D eigenvalue weighted by atomic mass is 10.0. The number of para-hydroxylation sites is 2. The summed E-state index contributed by atoms with van der Waals surface area (Å²) in [6, 6.07) is 17.9. The molecule has 2 nitrogen and oxygen atoms in total. The number of hydrogen-bond acceptors (Lipinski definition) is 4. The molecular formula is C25H26N2S2.